The van der Waals surface area contributed by atoms with Gasteiger partial charge in [0, 0.05) is 12.4 Å². The molecular weight excluding hydrogens is 270 g/mol. The summed E-state index contributed by atoms with van der Waals surface area (Å²) in [7, 11) is -3.07. The van der Waals surface area contributed by atoms with Crippen LogP contribution in [0.1, 0.15) is 58.8 Å². The summed E-state index contributed by atoms with van der Waals surface area (Å²) in [5, 5.41) is 0. The molecule has 5 heteroatoms. The van der Waals surface area contributed by atoms with Crippen molar-refractivity contribution in [3.8, 4) is 0 Å². The van der Waals surface area contributed by atoms with Gasteiger partial charge in [-0.15, -0.1) is 11.6 Å². The van der Waals surface area contributed by atoms with E-state index in [9.17, 15) is 8.42 Å². The standard InChI is InChI=1S/C13H28ClNO2S/c1-13(2)9-5-3-4-7-11-15-18(16,17)12-8-6-10-14/h13,15H,3-12H2,1-2H3. The smallest absolute Gasteiger partial charge is 0.211 e. The fraction of sp³-hybridized carbons (Fsp3) is 1.00. The maximum absolute atomic E-state index is 11.5. The van der Waals surface area contributed by atoms with Gasteiger partial charge < -0.3 is 0 Å². The van der Waals surface area contributed by atoms with Crippen molar-refractivity contribution in [2.75, 3.05) is 18.2 Å². The molecule has 0 saturated heterocycles. The summed E-state index contributed by atoms with van der Waals surface area (Å²) in [4.78, 5) is 0. The van der Waals surface area contributed by atoms with E-state index in [1.165, 1.54) is 19.3 Å². The van der Waals surface area contributed by atoms with Crippen molar-refractivity contribution in [2.24, 2.45) is 5.92 Å². The predicted molar refractivity (Wildman–Crippen MR) is 79.7 cm³/mol. The number of halogens is 1. The molecule has 0 heterocycles. The zero-order chi connectivity index (χ0) is 13.9. The van der Waals surface area contributed by atoms with Gasteiger partial charge >= 0.3 is 0 Å². The third-order valence-corrected chi connectivity index (χ3v) is 4.56. The lowest BCUT2D eigenvalue weighted by atomic mass is 10.0. The summed E-state index contributed by atoms with van der Waals surface area (Å²) in [6.45, 7) is 5.04. The Hall–Kier alpha value is 0.200. The summed E-state index contributed by atoms with van der Waals surface area (Å²) in [5.74, 6) is 1.50. The Morgan fingerprint density at radius 2 is 1.67 bits per heavy atom. The molecule has 0 aromatic heterocycles. The summed E-state index contributed by atoms with van der Waals surface area (Å²) >= 11 is 5.51. The van der Waals surface area contributed by atoms with Crippen LogP contribution < -0.4 is 4.72 Å². The van der Waals surface area contributed by atoms with Crippen LogP contribution in [-0.2, 0) is 10.0 Å². The van der Waals surface area contributed by atoms with E-state index < -0.39 is 10.0 Å². The highest BCUT2D eigenvalue weighted by atomic mass is 35.5. The van der Waals surface area contributed by atoms with E-state index in [4.69, 9.17) is 11.6 Å². The van der Waals surface area contributed by atoms with E-state index in [-0.39, 0.29) is 5.75 Å². The normalized spacial score (nSPS) is 12.2. The highest BCUT2D eigenvalue weighted by molar-refractivity contribution is 7.89. The van der Waals surface area contributed by atoms with Gasteiger partial charge in [-0.05, 0) is 25.2 Å². The molecule has 0 amide bonds. The molecule has 0 aromatic rings. The molecule has 0 saturated carbocycles. The Labute approximate surface area is 118 Å². The average molecular weight is 298 g/mol. The second-order valence-corrected chi connectivity index (χ2v) is 7.51. The van der Waals surface area contributed by atoms with Crippen molar-refractivity contribution in [1.29, 1.82) is 0 Å². The fourth-order valence-electron chi connectivity index (χ4n) is 1.72. The lowest BCUT2D eigenvalue weighted by Gasteiger charge is -2.07. The molecule has 0 unspecified atom stereocenters. The first-order valence-electron chi connectivity index (χ1n) is 7.01. The Bertz CT molecular complexity index is 279. The lowest BCUT2D eigenvalue weighted by Crippen LogP contribution is -2.27. The monoisotopic (exact) mass is 297 g/mol. The van der Waals surface area contributed by atoms with Crippen LogP contribution >= 0.6 is 11.6 Å². The first-order chi connectivity index (χ1) is 8.48. The molecule has 0 rings (SSSR count). The number of rotatable bonds is 12. The summed E-state index contributed by atoms with van der Waals surface area (Å²) in [6, 6.07) is 0. The van der Waals surface area contributed by atoms with Gasteiger partial charge in [0.25, 0.3) is 0 Å². The molecule has 1 N–H and O–H groups in total. The minimum Gasteiger partial charge on any atom is -0.215 e. The first kappa shape index (κ1) is 18.2. The lowest BCUT2D eigenvalue weighted by molar-refractivity contribution is 0.517. The maximum atomic E-state index is 11.5. The van der Waals surface area contributed by atoms with E-state index in [1.54, 1.807) is 0 Å². The van der Waals surface area contributed by atoms with Gasteiger partial charge in [-0.2, -0.15) is 0 Å². The van der Waals surface area contributed by atoms with E-state index in [0.717, 1.165) is 25.2 Å². The summed E-state index contributed by atoms with van der Waals surface area (Å²) < 4.78 is 25.7. The Kier molecular flexibility index (Phi) is 11.2. The van der Waals surface area contributed by atoms with Gasteiger partial charge in [0.1, 0.15) is 0 Å². The van der Waals surface area contributed by atoms with Crippen molar-refractivity contribution in [3.05, 3.63) is 0 Å². The molecule has 3 nitrogen and oxygen atoms in total. The minimum atomic E-state index is -3.07. The third kappa shape index (κ3) is 12.7. The fourth-order valence-corrected chi connectivity index (χ4v) is 3.09. The van der Waals surface area contributed by atoms with Gasteiger partial charge in [-0.1, -0.05) is 39.5 Å². The number of nitrogens with one attached hydrogen (secondary N) is 1. The third-order valence-electron chi connectivity index (χ3n) is 2.83. The van der Waals surface area contributed by atoms with Crippen LogP contribution in [0.3, 0.4) is 0 Å². The molecule has 0 aliphatic rings. The van der Waals surface area contributed by atoms with Crippen LogP contribution in [-0.4, -0.2) is 26.6 Å². The molecule has 0 fully saturated rings. The van der Waals surface area contributed by atoms with E-state index in [1.807, 2.05) is 0 Å². The predicted octanol–water partition coefficient (Wildman–Crippen LogP) is 3.53. The highest BCUT2D eigenvalue weighted by Crippen LogP contribution is 2.09. The van der Waals surface area contributed by atoms with Crippen LogP contribution in [0.15, 0.2) is 0 Å². The number of sulfonamides is 1. The van der Waals surface area contributed by atoms with E-state index in [2.05, 4.69) is 18.6 Å². The zero-order valence-electron chi connectivity index (χ0n) is 11.8. The van der Waals surface area contributed by atoms with Gasteiger partial charge in [-0.3, -0.25) is 0 Å². The quantitative estimate of drug-likeness (QED) is 0.442. The Morgan fingerprint density at radius 3 is 2.28 bits per heavy atom. The first-order valence-corrected chi connectivity index (χ1v) is 9.20. The number of alkyl halides is 1. The van der Waals surface area contributed by atoms with E-state index in [0.29, 0.717) is 18.8 Å². The molecule has 0 atom stereocenters. The van der Waals surface area contributed by atoms with Crippen LogP contribution in [0.2, 0.25) is 0 Å². The molecule has 0 aromatic carbocycles. The second kappa shape index (κ2) is 11.1. The number of hydrogen-bond donors (Lipinski definition) is 1. The minimum absolute atomic E-state index is 0.201. The van der Waals surface area contributed by atoms with Crippen LogP contribution in [0, 0.1) is 5.92 Å². The molecular formula is C13H28ClNO2S. The van der Waals surface area contributed by atoms with Crippen LogP contribution in [0.5, 0.6) is 0 Å². The number of hydrogen-bond acceptors (Lipinski definition) is 2. The summed E-state index contributed by atoms with van der Waals surface area (Å²) in [6.07, 6.45) is 7.17. The Balaban J connectivity index is 3.41. The molecule has 110 valence electrons. The van der Waals surface area contributed by atoms with Crippen molar-refractivity contribution in [1.82, 2.24) is 4.72 Å². The summed E-state index contributed by atoms with van der Waals surface area (Å²) in [5.41, 5.74) is 0. The number of unbranched alkanes of at least 4 members (excludes halogenated alkanes) is 4. The average Bonchev–Trinajstić information content (AvgIpc) is 2.27. The highest BCUT2D eigenvalue weighted by Gasteiger charge is 2.08. The van der Waals surface area contributed by atoms with Crippen molar-refractivity contribution in [2.45, 2.75) is 58.8 Å². The van der Waals surface area contributed by atoms with Crippen molar-refractivity contribution < 1.29 is 8.42 Å². The molecule has 0 bridgehead atoms. The maximum Gasteiger partial charge on any atom is 0.211 e. The molecule has 0 aliphatic carbocycles. The van der Waals surface area contributed by atoms with Crippen molar-refractivity contribution >= 4 is 21.6 Å². The van der Waals surface area contributed by atoms with Gasteiger partial charge in [0.15, 0.2) is 0 Å². The molecule has 0 radical (unpaired) electrons. The van der Waals surface area contributed by atoms with Gasteiger partial charge in [0.2, 0.25) is 10.0 Å². The van der Waals surface area contributed by atoms with Crippen molar-refractivity contribution in [3.63, 3.8) is 0 Å². The topological polar surface area (TPSA) is 46.2 Å². The van der Waals surface area contributed by atoms with E-state index >= 15 is 0 Å². The second-order valence-electron chi connectivity index (χ2n) is 5.21. The van der Waals surface area contributed by atoms with Gasteiger partial charge in [-0.25, -0.2) is 13.1 Å². The SMILES string of the molecule is CC(C)CCCCCCNS(=O)(=O)CCCCCl. The Morgan fingerprint density at radius 1 is 1.00 bits per heavy atom. The largest absolute Gasteiger partial charge is 0.215 e. The van der Waals surface area contributed by atoms with Crippen LogP contribution in [0.4, 0.5) is 0 Å². The molecule has 0 aliphatic heterocycles. The van der Waals surface area contributed by atoms with Gasteiger partial charge in [0.05, 0.1) is 5.75 Å². The molecule has 18 heavy (non-hydrogen) atoms. The molecule has 0 spiro atoms. The van der Waals surface area contributed by atoms with Crippen LogP contribution in [0.25, 0.3) is 0 Å². The zero-order valence-corrected chi connectivity index (χ0v) is 13.3.